The number of nitrogens with two attached hydrogens (primary N) is 1. The van der Waals surface area contributed by atoms with Crippen molar-refractivity contribution >= 4 is 21.6 Å². The Hall–Kier alpha value is -2.20. The molecular formula is C19H26N3O5S+. The fraction of sp³-hybridized carbons (Fsp3) is 0.421. The van der Waals surface area contributed by atoms with Crippen molar-refractivity contribution in [3.8, 4) is 0 Å². The SMILES string of the molecule is Cc1ccc(S(=O)(=O)N2CCOCC2)cc1NC(=O)C[NH2+][C@@H](C)c1ccco1. The van der Waals surface area contributed by atoms with Crippen LogP contribution in [0.5, 0.6) is 0 Å². The van der Waals surface area contributed by atoms with Crippen molar-refractivity contribution in [1.29, 1.82) is 0 Å². The predicted octanol–water partition coefficient (Wildman–Crippen LogP) is 0.872. The second-order valence-corrected chi connectivity index (χ2v) is 8.72. The van der Waals surface area contributed by atoms with E-state index in [2.05, 4.69) is 5.32 Å². The number of carbonyl (C=O) groups is 1. The lowest BCUT2D eigenvalue weighted by atomic mass is 10.2. The van der Waals surface area contributed by atoms with Crippen molar-refractivity contribution in [3.63, 3.8) is 0 Å². The van der Waals surface area contributed by atoms with Gasteiger partial charge in [0.15, 0.2) is 12.3 Å². The molecule has 2 aromatic rings. The van der Waals surface area contributed by atoms with Gasteiger partial charge in [-0.25, -0.2) is 8.42 Å². The number of carbonyl (C=O) groups excluding carboxylic acids is 1. The molecule has 1 aromatic heterocycles. The maximum atomic E-state index is 12.8. The number of morpholine rings is 1. The van der Waals surface area contributed by atoms with Crippen LogP contribution in [-0.4, -0.2) is 51.5 Å². The molecule has 0 aliphatic carbocycles. The first kappa shape index (κ1) is 20.5. The fourth-order valence-corrected chi connectivity index (χ4v) is 4.42. The lowest BCUT2D eigenvalue weighted by molar-refractivity contribution is -0.684. The Bertz CT molecular complexity index is 906. The molecule has 9 heteroatoms. The lowest BCUT2D eigenvalue weighted by Crippen LogP contribution is -2.86. The minimum Gasteiger partial charge on any atom is -0.463 e. The number of ether oxygens (including phenoxy) is 1. The minimum absolute atomic E-state index is 0.00915. The van der Waals surface area contributed by atoms with Crippen molar-refractivity contribution in [2.24, 2.45) is 0 Å². The van der Waals surface area contributed by atoms with E-state index < -0.39 is 10.0 Å². The summed E-state index contributed by atoms with van der Waals surface area (Å²) >= 11 is 0. The molecule has 2 heterocycles. The van der Waals surface area contributed by atoms with Gasteiger partial charge < -0.3 is 19.8 Å². The van der Waals surface area contributed by atoms with Gasteiger partial charge in [0, 0.05) is 18.8 Å². The Morgan fingerprint density at radius 1 is 1.29 bits per heavy atom. The van der Waals surface area contributed by atoms with E-state index in [1.165, 1.54) is 10.4 Å². The first-order valence-electron chi connectivity index (χ1n) is 9.23. The summed E-state index contributed by atoms with van der Waals surface area (Å²) in [5.74, 6) is 0.588. The van der Waals surface area contributed by atoms with Crippen LogP contribution >= 0.6 is 0 Å². The van der Waals surface area contributed by atoms with E-state index in [0.717, 1.165) is 11.3 Å². The summed E-state index contributed by atoms with van der Waals surface area (Å²) in [6.45, 7) is 5.41. The monoisotopic (exact) mass is 408 g/mol. The first-order valence-corrected chi connectivity index (χ1v) is 10.7. The van der Waals surface area contributed by atoms with Crippen molar-refractivity contribution < 1.29 is 27.7 Å². The molecule has 1 atom stereocenters. The van der Waals surface area contributed by atoms with Gasteiger partial charge in [0.2, 0.25) is 10.0 Å². The van der Waals surface area contributed by atoms with Crippen LogP contribution in [0.25, 0.3) is 0 Å². The van der Waals surface area contributed by atoms with Gasteiger partial charge in [-0.2, -0.15) is 4.31 Å². The van der Waals surface area contributed by atoms with Crippen molar-refractivity contribution in [2.45, 2.75) is 24.8 Å². The molecule has 3 N–H and O–H groups in total. The average molecular weight is 409 g/mol. The number of benzene rings is 1. The zero-order valence-corrected chi connectivity index (χ0v) is 16.9. The number of aryl methyl sites for hydroxylation is 1. The summed E-state index contributed by atoms with van der Waals surface area (Å²) in [6, 6.07) is 8.48. The van der Waals surface area contributed by atoms with Gasteiger partial charge >= 0.3 is 0 Å². The topological polar surface area (TPSA) is 105 Å². The highest BCUT2D eigenvalue weighted by molar-refractivity contribution is 7.89. The number of amides is 1. The molecule has 1 aliphatic rings. The minimum atomic E-state index is -3.61. The standard InChI is InChI=1S/C19H25N3O5S/c1-14-5-6-16(28(24,25)22-7-10-26-11-8-22)12-17(14)21-19(23)13-20-15(2)18-4-3-9-27-18/h3-6,9,12,15,20H,7-8,10-11,13H2,1-2H3,(H,21,23)/p+1/t15-/m0/s1. The molecule has 1 saturated heterocycles. The molecular weight excluding hydrogens is 382 g/mol. The third kappa shape index (κ3) is 4.79. The van der Waals surface area contributed by atoms with Crippen LogP contribution in [0.1, 0.15) is 24.3 Å². The first-order chi connectivity index (χ1) is 13.4. The Kier molecular flexibility index (Phi) is 6.50. The number of quaternary nitrogens is 1. The van der Waals surface area contributed by atoms with Gasteiger partial charge in [-0.05, 0) is 43.7 Å². The molecule has 1 aliphatic heterocycles. The third-order valence-corrected chi connectivity index (χ3v) is 6.63. The molecule has 1 aromatic carbocycles. The van der Waals surface area contributed by atoms with Crippen LogP contribution < -0.4 is 10.6 Å². The maximum absolute atomic E-state index is 12.8. The number of anilines is 1. The molecule has 28 heavy (non-hydrogen) atoms. The quantitative estimate of drug-likeness (QED) is 0.707. The van der Waals surface area contributed by atoms with E-state index in [-0.39, 0.29) is 23.4 Å². The van der Waals surface area contributed by atoms with Gasteiger partial charge in [0.05, 0.1) is 24.4 Å². The van der Waals surface area contributed by atoms with Gasteiger partial charge in [-0.1, -0.05) is 6.07 Å². The molecule has 0 saturated carbocycles. The summed E-state index contributed by atoms with van der Waals surface area (Å²) in [5.41, 5.74) is 1.30. The van der Waals surface area contributed by atoms with Crippen LogP contribution in [0.2, 0.25) is 0 Å². The van der Waals surface area contributed by atoms with Crippen LogP contribution in [-0.2, 0) is 19.6 Å². The summed E-state index contributed by atoms with van der Waals surface area (Å²) in [4.78, 5) is 12.5. The Labute approximate surface area is 164 Å². The second-order valence-electron chi connectivity index (χ2n) is 6.79. The number of nitrogens with one attached hydrogen (secondary N) is 1. The number of sulfonamides is 1. The number of rotatable bonds is 7. The fourth-order valence-electron chi connectivity index (χ4n) is 2.98. The summed E-state index contributed by atoms with van der Waals surface area (Å²) < 4.78 is 37.6. The highest BCUT2D eigenvalue weighted by Gasteiger charge is 2.27. The largest absolute Gasteiger partial charge is 0.463 e. The Balaban J connectivity index is 1.66. The van der Waals surface area contributed by atoms with Gasteiger partial charge in [-0.15, -0.1) is 0 Å². The van der Waals surface area contributed by atoms with Crippen LogP contribution in [0, 0.1) is 6.92 Å². The highest BCUT2D eigenvalue weighted by atomic mass is 32.2. The van der Waals surface area contributed by atoms with Crippen molar-refractivity contribution in [2.75, 3.05) is 38.2 Å². The van der Waals surface area contributed by atoms with E-state index >= 15 is 0 Å². The van der Waals surface area contributed by atoms with Crippen molar-refractivity contribution in [1.82, 2.24) is 4.31 Å². The van der Waals surface area contributed by atoms with E-state index in [9.17, 15) is 13.2 Å². The zero-order chi connectivity index (χ0) is 20.1. The van der Waals surface area contributed by atoms with Gasteiger partial charge in [0.1, 0.15) is 6.04 Å². The molecule has 152 valence electrons. The second kappa shape index (κ2) is 8.87. The van der Waals surface area contributed by atoms with E-state index in [1.807, 2.05) is 31.3 Å². The molecule has 1 fully saturated rings. The molecule has 0 radical (unpaired) electrons. The molecule has 0 spiro atoms. The van der Waals surface area contributed by atoms with E-state index in [0.29, 0.717) is 32.0 Å². The maximum Gasteiger partial charge on any atom is 0.279 e. The molecule has 1 amide bonds. The van der Waals surface area contributed by atoms with Crippen molar-refractivity contribution in [3.05, 3.63) is 47.9 Å². The zero-order valence-electron chi connectivity index (χ0n) is 16.1. The molecule has 3 rings (SSSR count). The predicted molar refractivity (Wildman–Crippen MR) is 103 cm³/mol. The van der Waals surface area contributed by atoms with Crippen LogP contribution in [0.3, 0.4) is 0 Å². The number of furan rings is 1. The summed E-state index contributed by atoms with van der Waals surface area (Å²) in [7, 11) is -3.61. The summed E-state index contributed by atoms with van der Waals surface area (Å²) in [6.07, 6.45) is 1.60. The van der Waals surface area contributed by atoms with Crippen LogP contribution in [0.4, 0.5) is 5.69 Å². The van der Waals surface area contributed by atoms with Gasteiger partial charge in [0.25, 0.3) is 5.91 Å². The third-order valence-electron chi connectivity index (χ3n) is 4.74. The highest BCUT2D eigenvalue weighted by Crippen LogP contribution is 2.23. The normalized spacial score (nSPS) is 16.6. The number of hydrogen-bond donors (Lipinski definition) is 2. The molecule has 0 bridgehead atoms. The van der Waals surface area contributed by atoms with Crippen LogP contribution in [0.15, 0.2) is 45.9 Å². The van der Waals surface area contributed by atoms with E-state index in [1.54, 1.807) is 18.4 Å². The lowest BCUT2D eigenvalue weighted by Gasteiger charge is -2.26. The van der Waals surface area contributed by atoms with Gasteiger partial charge in [-0.3, -0.25) is 4.79 Å². The number of nitrogens with zero attached hydrogens (tertiary/aromatic N) is 1. The average Bonchev–Trinajstić information content (AvgIpc) is 3.23. The van der Waals surface area contributed by atoms with E-state index in [4.69, 9.17) is 9.15 Å². The Morgan fingerprint density at radius 2 is 2.04 bits per heavy atom. The molecule has 0 unspecified atom stereocenters. The smallest absolute Gasteiger partial charge is 0.279 e. The summed E-state index contributed by atoms with van der Waals surface area (Å²) in [5, 5.41) is 4.68. The number of hydrogen-bond acceptors (Lipinski definition) is 5. The molecule has 8 nitrogen and oxygen atoms in total. The Morgan fingerprint density at radius 3 is 2.71 bits per heavy atom.